The van der Waals surface area contributed by atoms with Crippen LogP contribution >= 0.6 is 0 Å². The van der Waals surface area contributed by atoms with Crippen LogP contribution in [0.15, 0.2) is 103 Å². The minimum atomic E-state index is 0.986. The fourth-order valence-corrected chi connectivity index (χ4v) is 3.88. The standard InChI is InChI=1S/C26H20N2/c1-28-24-18-9-8-17-23(24)27-26(28)25-21(19-11-4-2-5-12-19)15-10-16-22(25)20-13-6-3-7-14-20/h2-18H,1H3. The van der Waals surface area contributed by atoms with Crippen LogP contribution in [-0.2, 0) is 7.05 Å². The first-order valence-corrected chi connectivity index (χ1v) is 9.48. The molecule has 5 rings (SSSR count). The number of benzene rings is 4. The topological polar surface area (TPSA) is 17.8 Å². The van der Waals surface area contributed by atoms with E-state index < -0.39 is 0 Å². The van der Waals surface area contributed by atoms with Gasteiger partial charge < -0.3 is 4.57 Å². The summed E-state index contributed by atoms with van der Waals surface area (Å²) < 4.78 is 2.20. The van der Waals surface area contributed by atoms with Gasteiger partial charge >= 0.3 is 0 Å². The quantitative estimate of drug-likeness (QED) is 0.355. The van der Waals surface area contributed by atoms with Gasteiger partial charge in [-0.3, -0.25) is 0 Å². The average Bonchev–Trinajstić information content (AvgIpc) is 3.11. The van der Waals surface area contributed by atoms with Gasteiger partial charge in [0.05, 0.1) is 11.0 Å². The summed E-state index contributed by atoms with van der Waals surface area (Å²) in [6.45, 7) is 0. The molecule has 0 aliphatic carbocycles. The number of rotatable bonds is 3. The Labute approximate surface area is 164 Å². The molecule has 0 aliphatic heterocycles. The molecule has 0 unspecified atom stereocenters. The number of para-hydroxylation sites is 2. The summed E-state index contributed by atoms with van der Waals surface area (Å²) in [6, 6.07) is 35.9. The van der Waals surface area contributed by atoms with Crippen LogP contribution in [0.3, 0.4) is 0 Å². The Hall–Kier alpha value is -3.65. The Balaban J connectivity index is 1.87. The van der Waals surface area contributed by atoms with E-state index in [1.54, 1.807) is 0 Å². The van der Waals surface area contributed by atoms with Gasteiger partial charge in [-0.2, -0.15) is 0 Å². The van der Waals surface area contributed by atoms with E-state index in [1.807, 2.05) is 6.07 Å². The largest absolute Gasteiger partial charge is 0.327 e. The summed E-state index contributed by atoms with van der Waals surface area (Å²) in [7, 11) is 2.10. The summed E-state index contributed by atoms with van der Waals surface area (Å²) in [6.07, 6.45) is 0. The highest BCUT2D eigenvalue weighted by atomic mass is 15.1. The lowest BCUT2D eigenvalue weighted by atomic mass is 9.91. The molecule has 0 aliphatic rings. The fraction of sp³-hybridized carbons (Fsp3) is 0.0385. The Morgan fingerprint density at radius 2 is 1.11 bits per heavy atom. The van der Waals surface area contributed by atoms with Crippen molar-refractivity contribution in [1.82, 2.24) is 9.55 Å². The van der Waals surface area contributed by atoms with Gasteiger partial charge in [0, 0.05) is 12.6 Å². The smallest absolute Gasteiger partial charge is 0.142 e. The molecule has 0 spiro atoms. The normalized spacial score (nSPS) is 11.0. The molecule has 0 saturated carbocycles. The summed E-state index contributed by atoms with van der Waals surface area (Å²) in [5, 5.41) is 0. The highest BCUT2D eigenvalue weighted by Gasteiger charge is 2.19. The van der Waals surface area contributed by atoms with Crippen molar-refractivity contribution in [2.45, 2.75) is 0 Å². The van der Waals surface area contributed by atoms with Gasteiger partial charge in [0.1, 0.15) is 5.82 Å². The van der Waals surface area contributed by atoms with E-state index >= 15 is 0 Å². The summed E-state index contributed by atoms with van der Waals surface area (Å²) >= 11 is 0. The van der Waals surface area contributed by atoms with Crippen LogP contribution in [0.2, 0.25) is 0 Å². The Bertz CT molecular complexity index is 1190. The van der Waals surface area contributed by atoms with E-state index in [1.165, 1.54) is 27.8 Å². The number of imidazole rings is 1. The Morgan fingerprint density at radius 3 is 1.68 bits per heavy atom. The summed E-state index contributed by atoms with van der Waals surface area (Å²) in [5.74, 6) is 0.986. The third-order valence-electron chi connectivity index (χ3n) is 5.24. The monoisotopic (exact) mass is 360 g/mol. The number of fused-ring (bicyclic) bond motifs is 1. The van der Waals surface area contributed by atoms with Crippen LogP contribution in [0.5, 0.6) is 0 Å². The number of hydrogen-bond donors (Lipinski definition) is 0. The molecule has 0 amide bonds. The van der Waals surface area contributed by atoms with Crippen LogP contribution in [0.1, 0.15) is 0 Å². The minimum Gasteiger partial charge on any atom is -0.327 e. The second-order valence-electron chi connectivity index (χ2n) is 6.94. The SMILES string of the molecule is Cn1c(-c2c(-c3ccccc3)cccc2-c2ccccc2)nc2ccccc21. The highest BCUT2D eigenvalue weighted by molar-refractivity contribution is 5.95. The summed E-state index contributed by atoms with van der Waals surface area (Å²) in [5.41, 5.74) is 8.10. The van der Waals surface area contributed by atoms with Gasteiger partial charge in [-0.1, -0.05) is 91.0 Å². The molecule has 4 aromatic carbocycles. The zero-order valence-corrected chi connectivity index (χ0v) is 15.7. The molecular formula is C26H20N2. The van der Waals surface area contributed by atoms with E-state index in [-0.39, 0.29) is 0 Å². The predicted molar refractivity (Wildman–Crippen MR) is 117 cm³/mol. The number of nitrogens with zero attached hydrogens (tertiary/aromatic N) is 2. The van der Waals surface area contributed by atoms with Crippen molar-refractivity contribution in [3.05, 3.63) is 103 Å². The van der Waals surface area contributed by atoms with Crippen LogP contribution in [-0.4, -0.2) is 9.55 Å². The molecule has 134 valence electrons. The van der Waals surface area contributed by atoms with E-state index in [0.717, 1.165) is 16.9 Å². The molecule has 0 fully saturated rings. The highest BCUT2D eigenvalue weighted by Crippen LogP contribution is 2.40. The maximum atomic E-state index is 5.02. The lowest BCUT2D eigenvalue weighted by Crippen LogP contribution is -1.97. The van der Waals surface area contributed by atoms with E-state index in [9.17, 15) is 0 Å². The number of hydrogen-bond acceptors (Lipinski definition) is 1. The zero-order valence-electron chi connectivity index (χ0n) is 15.7. The van der Waals surface area contributed by atoms with Crippen molar-refractivity contribution in [2.24, 2.45) is 7.05 Å². The van der Waals surface area contributed by atoms with Crippen molar-refractivity contribution in [1.29, 1.82) is 0 Å². The van der Waals surface area contributed by atoms with Crippen LogP contribution < -0.4 is 0 Å². The second-order valence-corrected chi connectivity index (χ2v) is 6.94. The van der Waals surface area contributed by atoms with Crippen LogP contribution in [0.25, 0.3) is 44.7 Å². The summed E-state index contributed by atoms with van der Waals surface area (Å²) in [4.78, 5) is 5.02. The first-order chi connectivity index (χ1) is 13.8. The molecule has 0 bridgehead atoms. The van der Waals surface area contributed by atoms with Crippen LogP contribution in [0.4, 0.5) is 0 Å². The van der Waals surface area contributed by atoms with Gasteiger partial charge in [0.15, 0.2) is 0 Å². The van der Waals surface area contributed by atoms with Gasteiger partial charge in [-0.15, -0.1) is 0 Å². The first-order valence-electron chi connectivity index (χ1n) is 9.48. The first kappa shape index (κ1) is 16.5. The fourth-order valence-electron chi connectivity index (χ4n) is 3.88. The van der Waals surface area contributed by atoms with Crippen molar-refractivity contribution in [2.75, 3.05) is 0 Å². The molecule has 1 heterocycles. The molecule has 2 heteroatoms. The Morgan fingerprint density at radius 1 is 0.571 bits per heavy atom. The maximum absolute atomic E-state index is 5.02. The molecule has 0 N–H and O–H groups in total. The molecular weight excluding hydrogens is 340 g/mol. The van der Waals surface area contributed by atoms with Crippen molar-refractivity contribution in [3.63, 3.8) is 0 Å². The number of aromatic nitrogens is 2. The van der Waals surface area contributed by atoms with E-state index in [2.05, 4.69) is 109 Å². The predicted octanol–water partition coefficient (Wildman–Crippen LogP) is 6.57. The van der Waals surface area contributed by atoms with Gasteiger partial charge in [-0.05, 0) is 34.4 Å². The molecule has 0 radical (unpaired) electrons. The van der Waals surface area contributed by atoms with Crippen molar-refractivity contribution < 1.29 is 0 Å². The van der Waals surface area contributed by atoms with Crippen molar-refractivity contribution >= 4 is 11.0 Å². The lowest BCUT2D eigenvalue weighted by molar-refractivity contribution is 0.960. The van der Waals surface area contributed by atoms with E-state index in [0.29, 0.717) is 0 Å². The second kappa shape index (κ2) is 6.82. The molecule has 5 aromatic rings. The minimum absolute atomic E-state index is 0.986. The zero-order chi connectivity index (χ0) is 18.9. The number of aryl methyl sites for hydroxylation is 1. The maximum Gasteiger partial charge on any atom is 0.142 e. The van der Waals surface area contributed by atoms with E-state index in [4.69, 9.17) is 4.98 Å². The van der Waals surface area contributed by atoms with Gasteiger partial charge in [0.2, 0.25) is 0 Å². The molecule has 2 nitrogen and oxygen atoms in total. The van der Waals surface area contributed by atoms with Crippen molar-refractivity contribution in [3.8, 4) is 33.6 Å². The third kappa shape index (κ3) is 2.71. The average molecular weight is 360 g/mol. The van der Waals surface area contributed by atoms with Gasteiger partial charge in [-0.25, -0.2) is 4.98 Å². The molecule has 1 aromatic heterocycles. The van der Waals surface area contributed by atoms with Crippen LogP contribution in [0, 0.1) is 0 Å². The molecule has 28 heavy (non-hydrogen) atoms. The third-order valence-corrected chi connectivity index (χ3v) is 5.24. The lowest BCUT2D eigenvalue weighted by Gasteiger charge is -2.16. The molecule has 0 atom stereocenters. The van der Waals surface area contributed by atoms with Gasteiger partial charge in [0.25, 0.3) is 0 Å². The Kier molecular flexibility index (Phi) is 4.02. The molecule has 0 saturated heterocycles.